The van der Waals surface area contributed by atoms with Crippen LogP contribution in [0.3, 0.4) is 0 Å². The molecule has 26 heavy (non-hydrogen) atoms. The number of imidazole rings is 1. The third-order valence-electron chi connectivity index (χ3n) is 3.92. The zero-order chi connectivity index (χ0) is 18.4. The fourth-order valence-electron chi connectivity index (χ4n) is 2.51. The molecule has 3 aromatic rings. The zero-order valence-corrected chi connectivity index (χ0v) is 13.8. The van der Waals surface area contributed by atoms with Gasteiger partial charge in [0, 0.05) is 23.6 Å². The molecule has 0 aliphatic heterocycles. The first-order valence-electron chi connectivity index (χ1n) is 7.99. The number of nitrogens with one attached hydrogen (secondary N) is 2. The molecule has 0 fully saturated rings. The number of anilines is 1. The Hall–Kier alpha value is -3.90. The molecule has 2 aromatic carbocycles. The van der Waals surface area contributed by atoms with E-state index in [9.17, 15) is 10.1 Å². The van der Waals surface area contributed by atoms with Crippen LogP contribution in [0.1, 0.15) is 11.1 Å². The van der Waals surface area contributed by atoms with Crippen LogP contribution in [0.2, 0.25) is 0 Å². The molecular weight excluding hydrogens is 326 g/mol. The van der Waals surface area contributed by atoms with Gasteiger partial charge in [0.2, 0.25) is 5.91 Å². The fourth-order valence-corrected chi connectivity index (χ4v) is 2.51. The number of benzene rings is 2. The summed E-state index contributed by atoms with van der Waals surface area (Å²) in [7, 11) is 0. The lowest BCUT2D eigenvalue weighted by molar-refractivity contribution is -0.118. The molecule has 3 rings (SSSR count). The van der Waals surface area contributed by atoms with E-state index in [-0.39, 0.29) is 5.91 Å². The molecule has 126 valence electrons. The minimum absolute atomic E-state index is 0.290. The number of hydrogen-bond acceptors (Lipinski definition) is 4. The van der Waals surface area contributed by atoms with E-state index in [4.69, 9.17) is 5.26 Å². The summed E-state index contributed by atoms with van der Waals surface area (Å²) in [6.45, 7) is 0. The van der Waals surface area contributed by atoms with Gasteiger partial charge in [0.15, 0.2) is 0 Å². The lowest BCUT2D eigenvalue weighted by Gasteiger charge is -2.11. The van der Waals surface area contributed by atoms with Crippen molar-refractivity contribution in [3.05, 3.63) is 72.1 Å². The lowest BCUT2D eigenvalue weighted by Crippen LogP contribution is -2.23. The minimum Gasteiger partial charge on any atom is -0.345 e. The van der Waals surface area contributed by atoms with Crippen LogP contribution in [0.15, 0.2) is 60.9 Å². The Morgan fingerprint density at radius 2 is 1.85 bits per heavy atom. The number of aromatic nitrogens is 2. The third kappa shape index (κ3) is 3.95. The maximum Gasteiger partial charge on any atom is 0.242 e. The first-order valence-corrected chi connectivity index (χ1v) is 7.99. The van der Waals surface area contributed by atoms with Crippen LogP contribution in [0.4, 0.5) is 5.69 Å². The fraction of sp³-hybridized carbons (Fsp3) is 0.100. The zero-order valence-electron chi connectivity index (χ0n) is 13.8. The molecule has 2 N–H and O–H groups in total. The summed E-state index contributed by atoms with van der Waals surface area (Å²) in [6, 6.07) is 18.2. The van der Waals surface area contributed by atoms with Crippen molar-refractivity contribution in [1.82, 2.24) is 9.97 Å². The third-order valence-corrected chi connectivity index (χ3v) is 3.92. The Morgan fingerprint density at radius 3 is 2.42 bits per heavy atom. The predicted molar refractivity (Wildman–Crippen MR) is 96.6 cm³/mol. The van der Waals surface area contributed by atoms with E-state index in [1.165, 1.54) is 0 Å². The highest BCUT2D eigenvalue weighted by atomic mass is 16.1. The van der Waals surface area contributed by atoms with Gasteiger partial charge in [0.25, 0.3) is 0 Å². The maximum absolute atomic E-state index is 12.4. The highest BCUT2D eigenvalue weighted by molar-refractivity contribution is 5.94. The molecule has 0 aliphatic rings. The van der Waals surface area contributed by atoms with Crippen molar-refractivity contribution in [3.63, 3.8) is 0 Å². The molecule has 0 saturated carbocycles. The van der Waals surface area contributed by atoms with Crippen LogP contribution in [0.25, 0.3) is 11.4 Å². The Labute approximate surface area is 150 Å². The number of rotatable bonds is 5. The van der Waals surface area contributed by atoms with Gasteiger partial charge in [0.1, 0.15) is 11.7 Å². The van der Waals surface area contributed by atoms with E-state index in [0.717, 1.165) is 17.0 Å². The van der Waals surface area contributed by atoms with Gasteiger partial charge in [-0.05, 0) is 48.4 Å². The molecule has 1 atom stereocenters. The van der Waals surface area contributed by atoms with Crippen LogP contribution in [-0.2, 0) is 11.2 Å². The summed E-state index contributed by atoms with van der Waals surface area (Å²) in [6.07, 6.45) is 3.70. The molecule has 6 nitrogen and oxygen atoms in total. The quantitative estimate of drug-likeness (QED) is 0.743. The summed E-state index contributed by atoms with van der Waals surface area (Å²) >= 11 is 0. The van der Waals surface area contributed by atoms with E-state index in [1.54, 1.807) is 48.8 Å². The van der Waals surface area contributed by atoms with Gasteiger partial charge >= 0.3 is 0 Å². The van der Waals surface area contributed by atoms with E-state index in [1.807, 2.05) is 24.3 Å². The molecule has 0 radical (unpaired) electrons. The van der Waals surface area contributed by atoms with Gasteiger partial charge in [-0.25, -0.2) is 4.98 Å². The average molecular weight is 341 g/mol. The molecule has 0 unspecified atom stereocenters. The van der Waals surface area contributed by atoms with Gasteiger partial charge in [-0.1, -0.05) is 12.1 Å². The molecule has 0 spiro atoms. The standard InChI is InChI=1S/C20H15N5O/c21-12-15-3-1-14(2-4-15)11-17(13-22)20(26)25-18-7-5-16(6-8-18)19-23-9-10-24-19/h1-10,17H,11H2,(H,23,24)(H,25,26)/t17-/m0/s1. The number of carbonyl (C=O) groups is 1. The summed E-state index contributed by atoms with van der Waals surface area (Å²) in [5.41, 5.74) is 2.90. The number of nitriles is 2. The van der Waals surface area contributed by atoms with E-state index >= 15 is 0 Å². The normalized spacial score (nSPS) is 11.2. The first kappa shape index (κ1) is 16.9. The van der Waals surface area contributed by atoms with Crippen LogP contribution >= 0.6 is 0 Å². The number of H-pyrrole nitrogens is 1. The van der Waals surface area contributed by atoms with Crippen LogP contribution in [0, 0.1) is 28.6 Å². The smallest absolute Gasteiger partial charge is 0.242 e. The molecule has 1 aromatic heterocycles. The van der Waals surface area contributed by atoms with Crippen LogP contribution < -0.4 is 5.32 Å². The molecule has 1 heterocycles. The largest absolute Gasteiger partial charge is 0.345 e. The number of nitrogens with zero attached hydrogens (tertiary/aromatic N) is 3. The van der Waals surface area contributed by atoms with Crippen molar-refractivity contribution in [2.45, 2.75) is 6.42 Å². The van der Waals surface area contributed by atoms with Crippen molar-refractivity contribution >= 4 is 11.6 Å². The van der Waals surface area contributed by atoms with Gasteiger partial charge < -0.3 is 10.3 Å². The maximum atomic E-state index is 12.4. The second kappa shape index (κ2) is 7.78. The minimum atomic E-state index is -0.812. The Kier molecular flexibility index (Phi) is 5.07. The van der Waals surface area contributed by atoms with Gasteiger partial charge in [-0.3, -0.25) is 4.79 Å². The van der Waals surface area contributed by atoms with Gasteiger partial charge in [-0.15, -0.1) is 0 Å². The van der Waals surface area contributed by atoms with Crippen molar-refractivity contribution in [2.24, 2.45) is 5.92 Å². The summed E-state index contributed by atoms with van der Waals surface area (Å²) in [4.78, 5) is 19.6. The van der Waals surface area contributed by atoms with Crippen LogP contribution in [0.5, 0.6) is 0 Å². The topological polar surface area (TPSA) is 105 Å². The summed E-state index contributed by atoms with van der Waals surface area (Å²) in [5, 5.41) is 20.9. The van der Waals surface area contributed by atoms with Crippen LogP contribution in [-0.4, -0.2) is 15.9 Å². The predicted octanol–water partition coefficient (Wildman–Crippen LogP) is 3.27. The second-order valence-electron chi connectivity index (χ2n) is 5.70. The summed E-state index contributed by atoms with van der Waals surface area (Å²) < 4.78 is 0. The Bertz CT molecular complexity index is 961. The molecule has 1 amide bonds. The number of carbonyl (C=O) groups excluding carboxylic acids is 1. The number of amides is 1. The number of hydrogen-bond donors (Lipinski definition) is 2. The van der Waals surface area contributed by atoms with E-state index in [0.29, 0.717) is 17.7 Å². The van der Waals surface area contributed by atoms with E-state index in [2.05, 4.69) is 15.3 Å². The Morgan fingerprint density at radius 1 is 1.12 bits per heavy atom. The van der Waals surface area contributed by atoms with Crippen molar-refractivity contribution < 1.29 is 4.79 Å². The lowest BCUT2D eigenvalue weighted by atomic mass is 9.99. The van der Waals surface area contributed by atoms with Gasteiger partial charge in [-0.2, -0.15) is 10.5 Å². The van der Waals surface area contributed by atoms with Crippen molar-refractivity contribution in [3.8, 4) is 23.5 Å². The SMILES string of the molecule is N#Cc1ccc(C[C@@H](C#N)C(=O)Nc2ccc(-c3ncc[nH]3)cc2)cc1. The molecule has 6 heteroatoms. The molecular formula is C20H15N5O. The molecule has 0 bridgehead atoms. The monoisotopic (exact) mass is 341 g/mol. The highest BCUT2D eigenvalue weighted by Gasteiger charge is 2.18. The molecule has 0 saturated heterocycles. The first-order chi connectivity index (χ1) is 12.7. The summed E-state index contributed by atoms with van der Waals surface area (Å²) in [5.74, 6) is -0.422. The molecule has 0 aliphatic carbocycles. The number of aromatic amines is 1. The van der Waals surface area contributed by atoms with Crippen molar-refractivity contribution in [1.29, 1.82) is 10.5 Å². The Balaban J connectivity index is 1.65. The van der Waals surface area contributed by atoms with Gasteiger partial charge in [0.05, 0.1) is 17.7 Å². The average Bonchev–Trinajstić information content (AvgIpc) is 3.22. The van der Waals surface area contributed by atoms with Crippen molar-refractivity contribution in [2.75, 3.05) is 5.32 Å². The highest BCUT2D eigenvalue weighted by Crippen LogP contribution is 2.19. The van der Waals surface area contributed by atoms with E-state index < -0.39 is 5.92 Å². The second-order valence-corrected chi connectivity index (χ2v) is 5.70.